The predicted molar refractivity (Wildman–Crippen MR) is 83.4 cm³/mol. The van der Waals surface area contributed by atoms with E-state index in [-0.39, 0.29) is 5.91 Å². The van der Waals surface area contributed by atoms with Gasteiger partial charge >= 0.3 is 0 Å². The molecule has 1 amide bonds. The number of carbonyl (C=O) groups excluding carboxylic acids is 1. The third kappa shape index (κ3) is 2.40. The van der Waals surface area contributed by atoms with Crippen molar-refractivity contribution in [2.24, 2.45) is 5.92 Å². The molecule has 0 aromatic heterocycles. The molecule has 2 aliphatic heterocycles. The summed E-state index contributed by atoms with van der Waals surface area (Å²) in [5, 5.41) is 0. The highest BCUT2D eigenvalue weighted by Gasteiger charge is 2.32. The van der Waals surface area contributed by atoms with Crippen molar-refractivity contribution >= 4 is 27.5 Å². The molecule has 0 N–H and O–H groups in total. The first-order valence-corrected chi connectivity index (χ1v) is 8.14. The minimum Gasteiger partial charge on any atom is -0.378 e. The largest absolute Gasteiger partial charge is 0.378 e. The van der Waals surface area contributed by atoms with Crippen LogP contribution in [0.5, 0.6) is 0 Å². The molecule has 0 spiro atoms. The molecular formula is C16H20BrNO2. The van der Waals surface area contributed by atoms with Crippen molar-refractivity contribution in [3.63, 3.8) is 0 Å². The molecular weight excluding hydrogens is 318 g/mol. The summed E-state index contributed by atoms with van der Waals surface area (Å²) in [4.78, 5) is 13.8. The van der Waals surface area contributed by atoms with Crippen LogP contribution in [0, 0.1) is 5.92 Å². The number of benzene rings is 1. The number of ether oxygens (including phenoxy) is 1. The molecule has 1 aromatic carbocycles. The van der Waals surface area contributed by atoms with E-state index in [0.29, 0.717) is 23.3 Å². The van der Waals surface area contributed by atoms with E-state index in [1.165, 1.54) is 11.1 Å². The van der Waals surface area contributed by atoms with Gasteiger partial charge in [-0.15, -0.1) is 0 Å². The van der Waals surface area contributed by atoms with Gasteiger partial charge in [0.25, 0.3) is 0 Å². The zero-order valence-corrected chi connectivity index (χ0v) is 13.5. The van der Waals surface area contributed by atoms with E-state index in [1.54, 1.807) is 4.90 Å². The van der Waals surface area contributed by atoms with Crippen molar-refractivity contribution in [2.45, 2.75) is 37.1 Å². The summed E-state index contributed by atoms with van der Waals surface area (Å²) in [5.41, 5.74) is 3.63. The highest BCUT2D eigenvalue weighted by molar-refractivity contribution is 9.09. The molecule has 20 heavy (non-hydrogen) atoms. The molecule has 0 bridgehead atoms. The van der Waals surface area contributed by atoms with Crippen molar-refractivity contribution in [3.8, 4) is 0 Å². The van der Waals surface area contributed by atoms with E-state index in [9.17, 15) is 4.79 Å². The predicted octanol–water partition coefficient (Wildman–Crippen LogP) is 3.46. The lowest BCUT2D eigenvalue weighted by Crippen LogP contribution is -2.31. The number of amides is 1. The second-order valence-electron chi connectivity index (χ2n) is 5.77. The molecule has 0 aliphatic carbocycles. The summed E-state index contributed by atoms with van der Waals surface area (Å²) >= 11 is 3.85. The molecule has 2 heterocycles. The van der Waals surface area contributed by atoms with Crippen LogP contribution in [0.4, 0.5) is 5.69 Å². The van der Waals surface area contributed by atoms with Gasteiger partial charge in [0.1, 0.15) is 0 Å². The summed E-state index contributed by atoms with van der Waals surface area (Å²) in [7, 11) is 1.86. The topological polar surface area (TPSA) is 29.5 Å². The summed E-state index contributed by atoms with van der Waals surface area (Å²) < 4.78 is 5.67. The van der Waals surface area contributed by atoms with E-state index in [1.807, 2.05) is 7.05 Å². The average molecular weight is 338 g/mol. The van der Waals surface area contributed by atoms with Gasteiger partial charge in [-0.05, 0) is 37.0 Å². The molecule has 1 fully saturated rings. The van der Waals surface area contributed by atoms with Gasteiger partial charge in [0, 0.05) is 36.5 Å². The molecule has 3 atom stereocenters. The van der Waals surface area contributed by atoms with Crippen LogP contribution in [0.15, 0.2) is 18.2 Å². The number of fused-ring (bicyclic) bond motifs is 1. The Bertz CT molecular complexity index is 531. The monoisotopic (exact) mass is 337 g/mol. The quantitative estimate of drug-likeness (QED) is 0.773. The van der Waals surface area contributed by atoms with Crippen LogP contribution in [0.1, 0.15) is 35.7 Å². The maximum Gasteiger partial charge on any atom is 0.227 e. The number of hydrogen-bond donors (Lipinski definition) is 0. The van der Waals surface area contributed by atoms with Gasteiger partial charge in [-0.2, -0.15) is 0 Å². The standard InChI is InChI=1S/C16H20BrNO2/c1-10-13(7-8-20-10)16(17)12-3-5-14-11(9-12)4-6-15(19)18(14)2/h3,5,9-10,13,16H,4,6-8H2,1-2H3. The second kappa shape index (κ2) is 5.49. The molecule has 0 radical (unpaired) electrons. The lowest BCUT2D eigenvalue weighted by atomic mass is 9.91. The Kier molecular flexibility index (Phi) is 3.87. The van der Waals surface area contributed by atoms with Crippen LogP contribution >= 0.6 is 15.9 Å². The fraction of sp³-hybridized carbons (Fsp3) is 0.562. The highest BCUT2D eigenvalue weighted by atomic mass is 79.9. The maximum absolute atomic E-state index is 11.7. The van der Waals surface area contributed by atoms with Crippen molar-refractivity contribution in [2.75, 3.05) is 18.6 Å². The highest BCUT2D eigenvalue weighted by Crippen LogP contribution is 2.41. The fourth-order valence-electron chi connectivity index (χ4n) is 3.23. The van der Waals surface area contributed by atoms with Crippen molar-refractivity contribution in [1.82, 2.24) is 0 Å². The number of nitrogens with zero attached hydrogens (tertiary/aromatic N) is 1. The minimum absolute atomic E-state index is 0.207. The smallest absolute Gasteiger partial charge is 0.227 e. The number of halogens is 1. The number of alkyl halides is 1. The first kappa shape index (κ1) is 14.1. The number of aryl methyl sites for hydroxylation is 1. The van der Waals surface area contributed by atoms with Crippen LogP contribution in [0.2, 0.25) is 0 Å². The first-order valence-electron chi connectivity index (χ1n) is 7.23. The summed E-state index contributed by atoms with van der Waals surface area (Å²) in [6, 6.07) is 6.47. The van der Waals surface area contributed by atoms with E-state index in [4.69, 9.17) is 4.74 Å². The van der Waals surface area contributed by atoms with Crippen molar-refractivity contribution in [1.29, 1.82) is 0 Å². The number of anilines is 1. The molecule has 0 saturated carbocycles. The SMILES string of the molecule is CC1OCCC1C(Br)c1ccc2c(c1)CCC(=O)N2C. The van der Waals surface area contributed by atoms with Crippen LogP contribution in [0.3, 0.4) is 0 Å². The Morgan fingerprint density at radius 1 is 1.40 bits per heavy atom. The lowest BCUT2D eigenvalue weighted by Gasteiger charge is -2.28. The van der Waals surface area contributed by atoms with Crippen LogP contribution in [0.25, 0.3) is 0 Å². The third-order valence-corrected chi connectivity index (χ3v) is 5.78. The van der Waals surface area contributed by atoms with Crippen LogP contribution < -0.4 is 4.90 Å². The Morgan fingerprint density at radius 2 is 2.20 bits per heavy atom. The van der Waals surface area contributed by atoms with E-state index in [0.717, 1.165) is 25.1 Å². The van der Waals surface area contributed by atoms with E-state index < -0.39 is 0 Å². The van der Waals surface area contributed by atoms with E-state index in [2.05, 4.69) is 41.1 Å². The van der Waals surface area contributed by atoms with Gasteiger partial charge in [-0.25, -0.2) is 0 Å². The van der Waals surface area contributed by atoms with Crippen molar-refractivity contribution in [3.05, 3.63) is 29.3 Å². The van der Waals surface area contributed by atoms with Gasteiger partial charge in [0.2, 0.25) is 5.91 Å². The minimum atomic E-state index is 0.207. The first-order chi connectivity index (χ1) is 9.58. The molecule has 3 rings (SSSR count). The van der Waals surface area contributed by atoms with Crippen molar-refractivity contribution < 1.29 is 9.53 Å². The van der Waals surface area contributed by atoms with Gasteiger partial charge < -0.3 is 9.64 Å². The summed E-state index contributed by atoms with van der Waals surface area (Å²) in [6.07, 6.45) is 2.87. The zero-order valence-electron chi connectivity index (χ0n) is 11.9. The van der Waals surface area contributed by atoms with Gasteiger partial charge in [0.15, 0.2) is 0 Å². The summed E-state index contributed by atoms with van der Waals surface area (Å²) in [5.74, 6) is 0.731. The Morgan fingerprint density at radius 3 is 2.90 bits per heavy atom. The third-order valence-electron chi connectivity index (χ3n) is 4.58. The van der Waals surface area contributed by atoms with Gasteiger partial charge in [0.05, 0.1) is 6.10 Å². The van der Waals surface area contributed by atoms with E-state index >= 15 is 0 Å². The van der Waals surface area contributed by atoms with Gasteiger partial charge in [-0.3, -0.25) is 4.79 Å². The second-order valence-corrected chi connectivity index (χ2v) is 6.76. The van der Waals surface area contributed by atoms with Gasteiger partial charge in [-0.1, -0.05) is 28.1 Å². The lowest BCUT2D eigenvalue weighted by molar-refractivity contribution is -0.118. The normalized spacial score (nSPS) is 27.6. The molecule has 3 nitrogen and oxygen atoms in total. The molecule has 108 valence electrons. The molecule has 3 unspecified atom stereocenters. The number of carbonyl (C=O) groups is 1. The molecule has 4 heteroatoms. The Hall–Kier alpha value is -0.870. The molecule has 2 aliphatic rings. The zero-order chi connectivity index (χ0) is 14.3. The number of hydrogen-bond acceptors (Lipinski definition) is 2. The molecule has 1 saturated heterocycles. The average Bonchev–Trinajstić information content (AvgIpc) is 2.88. The van der Waals surface area contributed by atoms with Crippen LogP contribution in [-0.2, 0) is 16.0 Å². The summed E-state index contributed by atoms with van der Waals surface area (Å²) in [6.45, 7) is 3.01. The van der Waals surface area contributed by atoms with Crippen LogP contribution in [-0.4, -0.2) is 25.7 Å². The number of rotatable bonds is 2. The Labute approximate surface area is 128 Å². The Balaban J connectivity index is 1.87. The molecule has 1 aromatic rings. The maximum atomic E-state index is 11.7. The fourth-order valence-corrected chi connectivity index (χ4v) is 4.21.